The quantitative estimate of drug-likeness (QED) is 0.262. The fourth-order valence-electron chi connectivity index (χ4n) is 4.57. The maximum absolute atomic E-state index is 11.3. The number of nitrogens with zero attached hydrogens (tertiary/aromatic N) is 2. The zero-order valence-electron chi connectivity index (χ0n) is 17.4. The molecule has 5 rings (SSSR count). The molecule has 1 aliphatic rings. The smallest absolute Gasteiger partial charge is 0.269 e. The Labute approximate surface area is 181 Å². The van der Waals surface area contributed by atoms with Gasteiger partial charge < -0.3 is 4.90 Å². The fraction of sp³-hybridized carbons (Fsp3) is 0.111. The van der Waals surface area contributed by atoms with Crippen molar-refractivity contribution in [3.05, 3.63) is 118 Å². The van der Waals surface area contributed by atoms with Gasteiger partial charge in [0.05, 0.1) is 4.92 Å². The highest BCUT2D eigenvalue weighted by Crippen LogP contribution is 2.51. The van der Waals surface area contributed by atoms with Gasteiger partial charge in [0, 0.05) is 34.6 Å². The Morgan fingerprint density at radius 3 is 1.74 bits per heavy atom. The minimum atomic E-state index is -0.328. The monoisotopic (exact) mass is 406 g/mol. The Bertz CT molecular complexity index is 1240. The van der Waals surface area contributed by atoms with Gasteiger partial charge in [0.2, 0.25) is 0 Å². The SMILES string of the molecule is CC1(C)c2cc(N(c3ccccc3)c3ccccc3)ccc2-c2ccc([N+](=O)[O-])cc21. The molecular formula is C27H22N2O2. The molecule has 31 heavy (non-hydrogen) atoms. The third kappa shape index (κ3) is 3.08. The molecule has 0 N–H and O–H groups in total. The minimum Gasteiger partial charge on any atom is -0.310 e. The molecule has 0 radical (unpaired) electrons. The van der Waals surface area contributed by atoms with Crippen molar-refractivity contribution in [3.8, 4) is 11.1 Å². The number of nitro groups is 1. The fourth-order valence-corrected chi connectivity index (χ4v) is 4.57. The molecule has 0 saturated heterocycles. The number of hydrogen-bond donors (Lipinski definition) is 0. The Morgan fingerprint density at radius 1 is 0.677 bits per heavy atom. The summed E-state index contributed by atoms with van der Waals surface area (Å²) in [6.07, 6.45) is 0. The van der Waals surface area contributed by atoms with Gasteiger partial charge in [0.15, 0.2) is 0 Å². The summed E-state index contributed by atoms with van der Waals surface area (Å²) in [6.45, 7) is 4.28. The van der Waals surface area contributed by atoms with Crippen LogP contribution in [0.15, 0.2) is 97.1 Å². The van der Waals surface area contributed by atoms with Crippen molar-refractivity contribution in [2.24, 2.45) is 0 Å². The largest absolute Gasteiger partial charge is 0.310 e. The third-order valence-corrected chi connectivity index (χ3v) is 6.14. The lowest BCUT2D eigenvalue weighted by Gasteiger charge is -2.28. The van der Waals surface area contributed by atoms with Gasteiger partial charge in [-0.2, -0.15) is 0 Å². The van der Waals surface area contributed by atoms with Gasteiger partial charge in [-0.15, -0.1) is 0 Å². The first kappa shape index (κ1) is 19.1. The number of nitro benzene ring substituents is 1. The van der Waals surface area contributed by atoms with Gasteiger partial charge in [0.1, 0.15) is 0 Å². The molecule has 1 aliphatic carbocycles. The topological polar surface area (TPSA) is 46.4 Å². The van der Waals surface area contributed by atoms with E-state index in [0.29, 0.717) is 0 Å². The van der Waals surface area contributed by atoms with E-state index < -0.39 is 0 Å². The van der Waals surface area contributed by atoms with E-state index in [1.54, 1.807) is 12.1 Å². The molecule has 4 aromatic carbocycles. The van der Waals surface area contributed by atoms with Gasteiger partial charge in [-0.25, -0.2) is 0 Å². The van der Waals surface area contributed by atoms with Crippen molar-refractivity contribution in [1.29, 1.82) is 0 Å². The molecule has 0 amide bonds. The summed E-state index contributed by atoms with van der Waals surface area (Å²) in [5, 5.41) is 11.3. The predicted octanol–water partition coefficient (Wildman–Crippen LogP) is 7.37. The Kier molecular flexibility index (Phi) is 4.36. The molecule has 4 aromatic rings. The number of non-ortho nitro benzene ring substituents is 1. The highest BCUT2D eigenvalue weighted by Gasteiger charge is 2.37. The van der Waals surface area contributed by atoms with E-state index in [4.69, 9.17) is 0 Å². The second kappa shape index (κ2) is 7.10. The summed E-state index contributed by atoms with van der Waals surface area (Å²) in [7, 11) is 0. The number of rotatable bonds is 4. The summed E-state index contributed by atoms with van der Waals surface area (Å²) in [5.41, 5.74) is 7.42. The summed E-state index contributed by atoms with van der Waals surface area (Å²) in [4.78, 5) is 13.3. The first-order valence-corrected chi connectivity index (χ1v) is 10.3. The van der Waals surface area contributed by atoms with Crippen molar-refractivity contribution in [1.82, 2.24) is 0 Å². The summed E-state index contributed by atoms with van der Waals surface area (Å²) in [6, 6.07) is 32.3. The second-order valence-corrected chi connectivity index (χ2v) is 8.35. The van der Waals surface area contributed by atoms with E-state index in [0.717, 1.165) is 33.8 Å². The standard InChI is InChI=1S/C27H22N2O2/c1-27(2)25-17-21(13-15-23(25)24-16-14-22(29(30)31)18-26(24)27)28(19-9-5-3-6-10-19)20-11-7-4-8-12-20/h3-18H,1-2H3. The van der Waals surface area contributed by atoms with Crippen molar-refractivity contribution in [3.63, 3.8) is 0 Å². The maximum Gasteiger partial charge on any atom is 0.269 e. The molecule has 0 spiro atoms. The molecule has 0 unspecified atom stereocenters. The highest BCUT2D eigenvalue weighted by atomic mass is 16.6. The lowest BCUT2D eigenvalue weighted by molar-refractivity contribution is -0.384. The molecule has 4 heteroatoms. The van der Waals surface area contributed by atoms with E-state index >= 15 is 0 Å². The van der Waals surface area contributed by atoms with Gasteiger partial charge in [-0.1, -0.05) is 56.3 Å². The van der Waals surface area contributed by atoms with Gasteiger partial charge >= 0.3 is 0 Å². The van der Waals surface area contributed by atoms with Crippen LogP contribution in [0.25, 0.3) is 11.1 Å². The average molecular weight is 406 g/mol. The third-order valence-electron chi connectivity index (χ3n) is 6.14. The van der Waals surface area contributed by atoms with Crippen LogP contribution in [0.1, 0.15) is 25.0 Å². The van der Waals surface area contributed by atoms with Gasteiger partial charge in [-0.3, -0.25) is 10.1 Å². The van der Waals surface area contributed by atoms with Crippen LogP contribution in [0.5, 0.6) is 0 Å². The Hall–Kier alpha value is -3.92. The number of anilines is 3. The van der Waals surface area contributed by atoms with Crippen LogP contribution >= 0.6 is 0 Å². The molecule has 0 bridgehead atoms. The van der Waals surface area contributed by atoms with Crippen LogP contribution in [-0.2, 0) is 5.41 Å². The second-order valence-electron chi connectivity index (χ2n) is 8.35. The van der Waals surface area contributed by atoms with Crippen molar-refractivity contribution in [2.75, 3.05) is 4.90 Å². The first-order valence-electron chi connectivity index (χ1n) is 10.3. The van der Waals surface area contributed by atoms with E-state index in [2.05, 4.69) is 61.2 Å². The molecule has 4 nitrogen and oxygen atoms in total. The van der Waals surface area contributed by atoms with Gasteiger partial charge in [0.25, 0.3) is 5.69 Å². The molecule has 0 heterocycles. The van der Waals surface area contributed by atoms with E-state index in [1.807, 2.05) is 42.5 Å². The van der Waals surface area contributed by atoms with E-state index in [-0.39, 0.29) is 16.0 Å². The molecule has 0 fully saturated rings. The van der Waals surface area contributed by atoms with Crippen molar-refractivity contribution < 1.29 is 4.92 Å². The number of fused-ring (bicyclic) bond motifs is 3. The molecule has 152 valence electrons. The average Bonchev–Trinajstić information content (AvgIpc) is 3.02. The van der Waals surface area contributed by atoms with Crippen LogP contribution in [0.4, 0.5) is 22.7 Å². The molecule has 0 aliphatic heterocycles. The molecule has 0 aromatic heterocycles. The van der Waals surface area contributed by atoms with Crippen LogP contribution in [0, 0.1) is 10.1 Å². The highest BCUT2D eigenvalue weighted by molar-refractivity contribution is 5.86. The summed E-state index contributed by atoms with van der Waals surface area (Å²) < 4.78 is 0. The predicted molar refractivity (Wildman–Crippen MR) is 125 cm³/mol. The van der Waals surface area contributed by atoms with Crippen LogP contribution in [0.3, 0.4) is 0 Å². The number of hydrogen-bond acceptors (Lipinski definition) is 3. The molecule has 0 atom stereocenters. The first-order chi connectivity index (χ1) is 15.0. The minimum absolute atomic E-state index is 0.134. The normalized spacial score (nSPS) is 13.4. The zero-order chi connectivity index (χ0) is 21.6. The number of benzene rings is 4. The van der Waals surface area contributed by atoms with E-state index in [1.165, 1.54) is 5.56 Å². The van der Waals surface area contributed by atoms with E-state index in [9.17, 15) is 10.1 Å². The summed E-state index contributed by atoms with van der Waals surface area (Å²) in [5.74, 6) is 0. The van der Waals surface area contributed by atoms with Crippen LogP contribution in [0.2, 0.25) is 0 Å². The van der Waals surface area contributed by atoms with Crippen molar-refractivity contribution in [2.45, 2.75) is 19.3 Å². The van der Waals surface area contributed by atoms with Crippen molar-refractivity contribution >= 4 is 22.7 Å². The molecular weight excluding hydrogens is 384 g/mol. The maximum atomic E-state index is 11.3. The van der Waals surface area contributed by atoms with Crippen LogP contribution < -0.4 is 4.90 Å². The lowest BCUT2D eigenvalue weighted by Crippen LogP contribution is -2.16. The lowest BCUT2D eigenvalue weighted by atomic mass is 9.82. The zero-order valence-corrected chi connectivity index (χ0v) is 17.4. The Balaban J connectivity index is 1.67. The Morgan fingerprint density at radius 2 is 1.19 bits per heavy atom. The van der Waals surface area contributed by atoms with Crippen LogP contribution in [-0.4, -0.2) is 4.92 Å². The molecule has 0 saturated carbocycles. The summed E-state index contributed by atoms with van der Waals surface area (Å²) >= 11 is 0. The van der Waals surface area contributed by atoms with Gasteiger partial charge in [-0.05, 0) is 64.7 Å². The number of para-hydroxylation sites is 2.